The minimum atomic E-state index is -4.35. The third-order valence-electron chi connectivity index (χ3n) is 6.61. The molecule has 3 aromatic rings. The van der Waals surface area contributed by atoms with E-state index < -0.39 is 11.7 Å². The number of anilines is 1. The summed E-state index contributed by atoms with van der Waals surface area (Å²) in [4.78, 5) is 24.4. The molecule has 1 saturated heterocycles. The summed E-state index contributed by atoms with van der Waals surface area (Å²) < 4.78 is 41.0. The van der Waals surface area contributed by atoms with Crippen LogP contribution in [0.15, 0.2) is 42.9 Å². The van der Waals surface area contributed by atoms with Gasteiger partial charge in [0.2, 0.25) is 5.91 Å². The minimum Gasteiger partial charge on any atom is -0.369 e. The van der Waals surface area contributed by atoms with Gasteiger partial charge < -0.3 is 15.2 Å². The Morgan fingerprint density at radius 3 is 2.43 bits per heavy atom. The van der Waals surface area contributed by atoms with Crippen molar-refractivity contribution in [3.05, 3.63) is 54.0 Å². The van der Waals surface area contributed by atoms with E-state index in [1.807, 2.05) is 26.1 Å². The molecule has 2 aromatic heterocycles. The van der Waals surface area contributed by atoms with Gasteiger partial charge in [0, 0.05) is 25.3 Å². The molecule has 2 N–H and O–H groups in total. The van der Waals surface area contributed by atoms with Crippen molar-refractivity contribution in [2.45, 2.75) is 52.0 Å². The Labute approximate surface area is 202 Å². The number of aromatic nitrogens is 3. The summed E-state index contributed by atoms with van der Waals surface area (Å²) >= 11 is 0. The lowest BCUT2D eigenvalue weighted by Crippen LogP contribution is -2.40. The van der Waals surface area contributed by atoms with E-state index >= 15 is 0 Å². The first-order valence-electron chi connectivity index (χ1n) is 11.8. The molecule has 0 atom stereocenters. The van der Waals surface area contributed by atoms with Crippen molar-refractivity contribution >= 4 is 22.8 Å². The van der Waals surface area contributed by atoms with Gasteiger partial charge in [-0.15, -0.1) is 0 Å². The molecule has 188 valence electrons. The van der Waals surface area contributed by atoms with Crippen LogP contribution < -0.4 is 10.6 Å². The van der Waals surface area contributed by atoms with Gasteiger partial charge in [0.15, 0.2) is 0 Å². The van der Waals surface area contributed by atoms with Crippen LogP contribution in [0.3, 0.4) is 0 Å². The van der Waals surface area contributed by atoms with E-state index in [2.05, 4.69) is 24.3 Å². The van der Waals surface area contributed by atoms with Gasteiger partial charge in [-0.1, -0.05) is 12.1 Å². The summed E-state index contributed by atoms with van der Waals surface area (Å²) in [7, 11) is 0. The van der Waals surface area contributed by atoms with Gasteiger partial charge in [0.1, 0.15) is 17.8 Å². The molecule has 0 saturated carbocycles. The minimum absolute atomic E-state index is 0.0772. The van der Waals surface area contributed by atoms with Gasteiger partial charge in [0.05, 0.1) is 17.5 Å². The zero-order valence-corrected chi connectivity index (χ0v) is 20.0. The molecule has 0 radical (unpaired) electrons. The molecular weight excluding hydrogens is 457 g/mol. The van der Waals surface area contributed by atoms with Gasteiger partial charge >= 0.3 is 6.18 Å². The molecule has 0 bridgehead atoms. The Hall–Kier alpha value is -3.14. The molecule has 1 amide bonds. The number of halogens is 3. The van der Waals surface area contributed by atoms with Gasteiger partial charge in [-0.2, -0.15) is 13.2 Å². The van der Waals surface area contributed by atoms with Crippen LogP contribution in [0.4, 0.5) is 19.0 Å². The molecule has 1 aliphatic rings. The highest BCUT2D eigenvalue weighted by Crippen LogP contribution is 2.31. The maximum absolute atomic E-state index is 12.9. The maximum Gasteiger partial charge on any atom is 0.416 e. The van der Waals surface area contributed by atoms with Crippen molar-refractivity contribution in [2.24, 2.45) is 11.7 Å². The third-order valence-corrected chi connectivity index (χ3v) is 6.61. The van der Waals surface area contributed by atoms with Crippen molar-refractivity contribution in [3.8, 4) is 0 Å². The first-order valence-corrected chi connectivity index (χ1v) is 11.8. The number of benzene rings is 1. The predicted molar refractivity (Wildman–Crippen MR) is 129 cm³/mol. The Morgan fingerprint density at radius 1 is 1.14 bits per heavy atom. The fourth-order valence-electron chi connectivity index (χ4n) is 4.69. The number of hydrogen-bond donors (Lipinski definition) is 1. The number of nitrogens with two attached hydrogens (primary N) is 1. The summed E-state index contributed by atoms with van der Waals surface area (Å²) in [5.74, 6) is 0.941. The van der Waals surface area contributed by atoms with E-state index in [9.17, 15) is 18.0 Å². The van der Waals surface area contributed by atoms with Crippen LogP contribution in [0.5, 0.6) is 0 Å². The first kappa shape index (κ1) is 25.0. The van der Waals surface area contributed by atoms with Gasteiger partial charge in [-0.05, 0) is 69.5 Å². The number of amides is 1. The zero-order valence-electron chi connectivity index (χ0n) is 20.0. The van der Waals surface area contributed by atoms with Crippen molar-refractivity contribution in [2.75, 3.05) is 24.5 Å². The molecular formula is C25H31F3N6O. The largest absolute Gasteiger partial charge is 0.416 e. The Kier molecular flexibility index (Phi) is 7.30. The fourth-order valence-corrected chi connectivity index (χ4v) is 4.69. The Morgan fingerprint density at radius 2 is 1.83 bits per heavy atom. The van der Waals surface area contributed by atoms with E-state index in [0.29, 0.717) is 19.0 Å². The molecule has 10 heteroatoms. The number of rotatable bonds is 8. The molecule has 0 unspecified atom stereocenters. The van der Waals surface area contributed by atoms with Crippen molar-refractivity contribution in [3.63, 3.8) is 0 Å². The zero-order chi connectivity index (χ0) is 25.2. The fraction of sp³-hybridized carbons (Fsp3) is 0.480. The maximum atomic E-state index is 12.9. The molecule has 4 rings (SSSR count). The molecule has 3 heterocycles. The molecule has 7 nitrogen and oxygen atoms in total. The van der Waals surface area contributed by atoms with Crippen LogP contribution in [0.2, 0.25) is 0 Å². The van der Waals surface area contributed by atoms with Crippen LogP contribution in [-0.2, 0) is 24.1 Å². The number of nitrogens with zero attached hydrogens (tertiary/aromatic N) is 5. The molecule has 1 aromatic carbocycles. The van der Waals surface area contributed by atoms with Crippen LogP contribution in [0, 0.1) is 5.92 Å². The Bertz CT molecular complexity index is 1150. The smallest absolute Gasteiger partial charge is 0.369 e. The SMILES string of the molecule is CC(C)N(Cc1ccc(C(F)(F)F)cc1)c1ncnc2c1ccn2CC1CCN(CC(N)=O)CC1. The second-order valence-corrected chi connectivity index (χ2v) is 9.50. The average Bonchev–Trinajstić information content (AvgIpc) is 3.21. The van der Waals surface area contributed by atoms with Gasteiger partial charge in [-0.25, -0.2) is 9.97 Å². The monoisotopic (exact) mass is 488 g/mol. The average molecular weight is 489 g/mol. The van der Waals surface area contributed by atoms with Crippen LogP contribution in [0.1, 0.15) is 37.8 Å². The van der Waals surface area contributed by atoms with E-state index in [1.54, 1.807) is 6.33 Å². The summed E-state index contributed by atoms with van der Waals surface area (Å²) in [6.07, 6.45) is 1.19. The van der Waals surface area contributed by atoms with Gasteiger partial charge in [-0.3, -0.25) is 9.69 Å². The van der Waals surface area contributed by atoms with Crippen molar-refractivity contribution in [1.29, 1.82) is 0 Å². The number of piperidine rings is 1. The predicted octanol–water partition coefficient (Wildman–Crippen LogP) is 4.06. The second kappa shape index (κ2) is 10.2. The van der Waals surface area contributed by atoms with Crippen molar-refractivity contribution < 1.29 is 18.0 Å². The summed E-state index contributed by atoms with van der Waals surface area (Å²) in [5, 5.41) is 0.916. The lowest BCUT2D eigenvalue weighted by Gasteiger charge is -2.31. The van der Waals surface area contributed by atoms with Crippen LogP contribution in [0.25, 0.3) is 11.0 Å². The van der Waals surface area contributed by atoms with Crippen molar-refractivity contribution in [1.82, 2.24) is 19.4 Å². The lowest BCUT2D eigenvalue weighted by molar-refractivity contribution is -0.137. The highest BCUT2D eigenvalue weighted by atomic mass is 19.4. The summed E-state index contributed by atoms with van der Waals surface area (Å²) in [5.41, 5.74) is 6.28. The van der Waals surface area contributed by atoms with E-state index in [1.165, 1.54) is 12.1 Å². The topological polar surface area (TPSA) is 80.3 Å². The third kappa shape index (κ3) is 5.93. The van der Waals surface area contributed by atoms with E-state index in [0.717, 1.165) is 67.0 Å². The molecule has 1 fully saturated rings. The number of carbonyl (C=O) groups excluding carboxylic acids is 1. The molecule has 35 heavy (non-hydrogen) atoms. The number of hydrogen-bond acceptors (Lipinski definition) is 5. The van der Waals surface area contributed by atoms with Crippen LogP contribution in [-0.4, -0.2) is 51.0 Å². The number of primary amides is 1. The quantitative estimate of drug-likeness (QED) is 0.517. The first-order chi connectivity index (χ1) is 16.6. The number of alkyl halides is 3. The van der Waals surface area contributed by atoms with E-state index in [-0.39, 0.29) is 11.9 Å². The number of likely N-dealkylation sites (tertiary alicyclic amines) is 1. The Balaban J connectivity index is 1.51. The van der Waals surface area contributed by atoms with E-state index in [4.69, 9.17) is 5.73 Å². The van der Waals surface area contributed by atoms with Crippen LogP contribution >= 0.6 is 0 Å². The normalized spacial score (nSPS) is 15.7. The van der Waals surface area contributed by atoms with Gasteiger partial charge in [0.25, 0.3) is 0 Å². The molecule has 0 spiro atoms. The highest BCUT2D eigenvalue weighted by molar-refractivity contribution is 5.88. The molecule has 1 aliphatic heterocycles. The lowest BCUT2D eigenvalue weighted by atomic mass is 9.96. The molecule has 0 aliphatic carbocycles. The standard InChI is InChI=1S/C25H31F3N6O/c1-17(2)34(14-18-3-5-20(6-4-18)25(26,27)28)24-21-9-12-33(23(21)30-16-31-24)13-19-7-10-32(11-8-19)15-22(29)35/h3-6,9,12,16-17,19H,7-8,10-11,13-15H2,1-2H3,(H2,29,35). The summed E-state index contributed by atoms with van der Waals surface area (Å²) in [6.45, 7) is 7.34. The number of fused-ring (bicyclic) bond motifs is 1. The second-order valence-electron chi connectivity index (χ2n) is 9.50. The number of carbonyl (C=O) groups is 1. The summed E-state index contributed by atoms with van der Waals surface area (Å²) in [6, 6.07) is 7.37. The highest BCUT2D eigenvalue weighted by Gasteiger charge is 2.30.